The molecule has 0 atom stereocenters. The molecule has 1 saturated heterocycles. The molecule has 25 heavy (non-hydrogen) atoms. The monoisotopic (exact) mass is 347 g/mol. The number of carbonyl (C=O) groups excluding carboxylic acids is 4. The summed E-state index contributed by atoms with van der Waals surface area (Å²) in [6, 6.07) is 6.70. The van der Waals surface area contributed by atoms with Gasteiger partial charge in [-0.3, -0.25) is 19.3 Å². The molecule has 0 saturated carbocycles. The lowest BCUT2D eigenvalue weighted by Crippen LogP contribution is -2.42. The van der Waals surface area contributed by atoms with Crippen LogP contribution < -0.4 is 10.1 Å². The van der Waals surface area contributed by atoms with Crippen LogP contribution in [0.3, 0.4) is 0 Å². The van der Waals surface area contributed by atoms with E-state index in [2.05, 4.69) is 5.32 Å². The Morgan fingerprint density at radius 2 is 1.80 bits per heavy atom. The van der Waals surface area contributed by atoms with Crippen molar-refractivity contribution in [2.45, 2.75) is 19.8 Å². The van der Waals surface area contributed by atoms with Crippen LogP contribution in [0, 0.1) is 0 Å². The number of benzene rings is 1. The highest BCUT2D eigenvalue weighted by molar-refractivity contribution is 6.45. The van der Waals surface area contributed by atoms with Crippen molar-refractivity contribution in [2.75, 3.05) is 26.7 Å². The van der Waals surface area contributed by atoms with E-state index < -0.39 is 30.3 Å². The molecule has 0 spiro atoms. The predicted octanol–water partition coefficient (Wildman–Crippen LogP) is 0.555. The summed E-state index contributed by atoms with van der Waals surface area (Å²) in [5.41, 5.74) is 0.933. The molecule has 0 radical (unpaired) electrons. The molecule has 1 aliphatic rings. The largest absolute Gasteiger partial charge is 0.496 e. The van der Waals surface area contributed by atoms with E-state index in [1.165, 1.54) is 0 Å². The van der Waals surface area contributed by atoms with Crippen molar-refractivity contribution in [1.29, 1.82) is 0 Å². The van der Waals surface area contributed by atoms with E-state index in [4.69, 9.17) is 4.74 Å². The molecule has 0 aliphatic carbocycles. The maximum Gasteiger partial charge on any atom is 0.334 e. The van der Waals surface area contributed by atoms with Crippen molar-refractivity contribution in [3.63, 3.8) is 0 Å². The standard InChI is InChI=1S/C17H21N3O5/c1-3-10-19-15(22)16(23)20(17(19)24)11-14(21)18-9-8-12-6-4-5-7-13(12)25-2/h4-7H,3,8-11H2,1-2H3,(H,18,21). The molecule has 1 N–H and O–H groups in total. The number of amides is 5. The van der Waals surface area contributed by atoms with Crippen LogP contribution in [0.4, 0.5) is 4.79 Å². The number of para-hydroxylation sites is 1. The van der Waals surface area contributed by atoms with Gasteiger partial charge in [0.1, 0.15) is 12.3 Å². The number of urea groups is 1. The fourth-order valence-corrected chi connectivity index (χ4v) is 2.56. The Morgan fingerprint density at radius 1 is 1.12 bits per heavy atom. The summed E-state index contributed by atoms with van der Waals surface area (Å²) >= 11 is 0. The van der Waals surface area contributed by atoms with Crippen LogP contribution in [0.2, 0.25) is 0 Å². The van der Waals surface area contributed by atoms with Crippen molar-refractivity contribution < 1.29 is 23.9 Å². The summed E-state index contributed by atoms with van der Waals surface area (Å²) in [5, 5.41) is 2.64. The van der Waals surface area contributed by atoms with Crippen LogP contribution in [0.25, 0.3) is 0 Å². The summed E-state index contributed by atoms with van der Waals surface area (Å²) in [6.45, 7) is 1.81. The van der Waals surface area contributed by atoms with Crippen LogP contribution in [-0.2, 0) is 20.8 Å². The number of methoxy groups -OCH3 is 1. The van der Waals surface area contributed by atoms with Gasteiger partial charge in [-0.25, -0.2) is 9.69 Å². The molecular formula is C17H21N3O5. The number of carbonyl (C=O) groups is 4. The molecular weight excluding hydrogens is 326 g/mol. The second kappa shape index (κ2) is 8.27. The zero-order valence-corrected chi connectivity index (χ0v) is 14.3. The van der Waals surface area contributed by atoms with E-state index in [0.29, 0.717) is 24.3 Å². The molecule has 8 heteroatoms. The molecule has 2 rings (SSSR count). The number of imide groups is 2. The average Bonchev–Trinajstić information content (AvgIpc) is 2.80. The number of nitrogens with zero attached hydrogens (tertiary/aromatic N) is 2. The van der Waals surface area contributed by atoms with Gasteiger partial charge in [0.2, 0.25) is 5.91 Å². The van der Waals surface area contributed by atoms with Gasteiger partial charge < -0.3 is 10.1 Å². The molecule has 134 valence electrons. The Morgan fingerprint density at radius 3 is 2.48 bits per heavy atom. The van der Waals surface area contributed by atoms with Crippen LogP contribution in [0.5, 0.6) is 5.75 Å². The van der Waals surface area contributed by atoms with Crippen molar-refractivity contribution in [2.24, 2.45) is 0 Å². The molecule has 5 amide bonds. The highest BCUT2D eigenvalue weighted by atomic mass is 16.5. The maximum atomic E-state index is 12.0. The quantitative estimate of drug-likeness (QED) is 0.547. The third kappa shape index (κ3) is 4.14. The van der Waals surface area contributed by atoms with E-state index >= 15 is 0 Å². The predicted molar refractivity (Wildman–Crippen MR) is 88.8 cm³/mol. The normalized spacial score (nSPS) is 14.2. The topological polar surface area (TPSA) is 96.0 Å². The first-order valence-corrected chi connectivity index (χ1v) is 8.05. The minimum atomic E-state index is -0.960. The first-order valence-electron chi connectivity index (χ1n) is 8.05. The summed E-state index contributed by atoms with van der Waals surface area (Å²) in [7, 11) is 1.57. The first kappa shape index (κ1) is 18.4. The van der Waals surface area contributed by atoms with Gasteiger partial charge in [0.05, 0.1) is 7.11 Å². The summed E-state index contributed by atoms with van der Waals surface area (Å²) in [5.74, 6) is -1.61. The zero-order chi connectivity index (χ0) is 18.4. The zero-order valence-electron chi connectivity index (χ0n) is 14.3. The number of rotatable bonds is 8. The van der Waals surface area contributed by atoms with E-state index in [9.17, 15) is 19.2 Å². The van der Waals surface area contributed by atoms with Crippen molar-refractivity contribution >= 4 is 23.8 Å². The van der Waals surface area contributed by atoms with E-state index in [1.54, 1.807) is 14.0 Å². The van der Waals surface area contributed by atoms with Crippen LogP contribution >= 0.6 is 0 Å². The highest BCUT2D eigenvalue weighted by Crippen LogP contribution is 2.17. The molecule has 1 aliphatic heterocycles. The smallest absolute Gasteiger partial charge is 0.334 e. The SMILES string of the molecule is CCCN1C(=O)C(=O)N(CC(=O)NCCc2ccccc2OC)C1=O. The third-order valence-corrected chi connectivity index (χ3v) is 3.79. The van der Waals surface area contributed by atoms with E-state index in [-0.39, 0.29) is 6.54 Å². The Bertz CT molecular complexity index is 689. The van der Waals surface area contributed by atoms with Gasteiger partial charge in [-0.05, 0) is 24.5 Å². The van der Waals surface area contributed by atoms with Crippen LogP contribution in [0.15, 0.2) is 24.3 Å². The fraction of sp³-hybridized carbons (Fsp3) is 0.412. The van der Waals surface area contributed by atoms with Gasteiger partial charge in [-0.15, -0.1) is 0 Å². The number of hydrogen-bond donors (Lipinski definition) is 1. The number of hydrogen-bond acceptors (Lipinski definition) is 5. The second-order valence-corrected chi connectivity index (χ2v) is 5.54. The Labute approximate surface area is 145 Å². The molecule has 1 heterocycles. The van der Waals surface area contributed by atoms with Gasteiger partial charge in [0.25, 0.3) is 0 Å². The van der Waals surface area contributed by atoms with E-state index in [0.717, 1.165) is 16.2 Å². The Hall–Kier alpha value is -2.90. The highest BCUT2D eigenvalue weighted by Gasteiger charge is 2.44. The van der Waals surface area contributed by atoms with Crippen molar-refractivity contribution in [1.82, 2.24) is 15.1 Å². The maximum absolute atomic E-state index is 12.0. The molecule has 0 unspecified atom stereocenters. The van der Waals surface area contributed by atoms with Gasteiger partial charge >= 0.3 is 17.8 Å². The number of ether oxygens (including phenoxy) is 1. The fourth-order valence-electron chi connectivity index (χ4n) is 2.56. The van der Waals surface area contributed by atoms with Gasteiger partial charge in [0, 0.05) is 13.1 Å². The summed E-state index contributed by atoms with van der Waals surface area (Å²) in [6.07, 6.45) is 1.09. The van der Waals surface area contributed by atoms with Crippen molar-refractivity contribution in [3.8, 4) is 5.75 Å². The van der Waals surface area contributed by atoms with E-state index in [1.807, 2.05) is 24.3 Å². The molecule has 0 bridgehead atoms. The van der Waals surface area contributed by atoms with Gasteiger partial charge in [-0.2, -0.15) is 0 Å². The Kier molecular flexibility index (Phi) is 6.10. The molecule has 8 nitrogen and oxygen atoms in total. The van der Waals surface area contributed by atoms with Crippen LogP contribution in [-0.4, -0.2) is 60.3 Å². The second-order valence-electron chi connectivity index (χ2n) is 5.54. The third-order valence-electron chi connectivity index (χ3n) is 3.79. The average molecular weight is 347 g/mol. The first-order chi connectivity index (χ1) is 12.0. The van der Waals surface area contributed by atoms with Gasteiger partial charge in [-0.1, -0.05) is 25.1 Å². The lowest BCUT2D eigenvalue weighted by molar-refractivity contribution is -0.144. The van der Waals surface area contributed by atoms with Crippen LogP contribution in [0.1, 0.15) is 18.9 Å². The summed E-state index contributed by atoms with van der Waals surface area (Å²) < 4.78 is 5.23. The molecule has 0 aromatic heterocycles. The minimum absolute atomic E-state index is 0.162. The van der Waals surface area contributed by atoms with Crippen molar-refractivity contribution in [3.05, 3.63) is 29.8 Å². The lowest BCUT2D eigenvalue weighted by atomic mass is 10.1. The minimum Gasteiger partial charge on any atom is -0.496 e. The lowest BCUT2D eigenvalue weighted by Gasteiger charge is -2.15. The Balaban J connectivity index is 1.87. The van der Waals surface area contributed by atoms with Gasteiger partial charge in [0.15, 0.2) is 0 Å². The molecule has 1 aromatic carbocycles. The molecule has 1 aromatic rings. The molecule has 1 fully saturated rings. The summed E-state index contributed by atoms with van der Waals surface area (Å²) in [4.78, 5) is 49.1. The number of nitrogens with one attached hydrogen (secondary N) is 1.